The standard InChI is InChI=1S/2C5H10O2Se.Ca/c2*1-2-3-4(6)5(7)8;/h2*4,6H,2-3H2,1H3,(H,7,8);/q;;+2/p-2/t2*4-;/m00./s1. The van der Waals surface area contributed by atoms with Crippen molar-refractivity contribution in [1.82, 2.24) is 0 Å². The fourth-order valence-electron chi connectivity index (χ4n) is 0.783. The molecule has 0 amide bonds. The second kappa shape index (κ2) is 15.6. The number of aliphatic hydroxyl groups is 2. The minimum atomic E-state index is -0.778. The van der Waals surface area contributed by atoms with E-state index in [2.05, 4.69) is 31.2 Å². The van der Waals surface area contributed by atoms with E-state index in [1.807, 2.05) is 13.8 Å². The van der Waals surface area contributed by atoms with Crippen LogP contribution in [0.25, 0.3) is 0 Å². The van der Waals surface area contributed by atoms with Gasteiger partial charge < -0.3 is 0 Å². The second-order valence-corrected chi connectivity index (χ2v) is 4.94. The van der Waals surface area contributed by atoms with Crippen LogP contribution in [-0.2, 0) is 0 Å². The molecule has 17 heavy (non-hydrogen) atoms. The van der Waals surface area contributed by atoms with Gasteiger partial charge in [-0.25, -0.2) is 0 Å². The average molecular weight is 400 g/mol. The summed E-state index contributed by atoms with van der Waals surface area (Å²) >= 11 is 4.47. The molecule has 0 aromatic heterocycles. The van der Waals surface area contributed by atoms with Crippen molar-refractivity contribution in [2.45, 2.75) is 51.7 Å². The summed E-state index contributed by atoms with van der Waals surface area (Å²) < 4.78 is -0.515. The van der Waals surface area contributed by atoms with Crippen LogP contribution in [0.1, 0.15) is 39.5 Å². The average Bonchev–Trinajstić information content (AvgIpc) is 2.19. The molecule has 0 heterocycles. The molecule has 0 unspecified atom stereocenters. The Bertz CT molecular complexity index is 192. The predicted octanol–water partition coefficient (Wildman–Crippen LogP) is -2.77. The van der Waals surface area contributed by atoms with Gasteiger partial charge in [-0.1, -0.05) is 0 Å². The Morgan fingerprint density at radius 2 is 1.18 bits per heavy atom. The van der Waals surface area contributed by atoms with E-state index in [1.54, 1.807) is 0 Å². The van der Waals surface area contributed by atoms with Crippen LogP contribution in [0.4, 0.5) is 0 Å². The van der Waals surface area contributed by atoms with Crippen molar-refractivity contribution in [3.63, 3.8) is 0 Å². The van der Waals surface area contributed by atoms with E-state index in [1.165, 1.54) is 0 Å². The molecule has 0 aromatic carbocycles. The van der Waals surface area contributed by atoms with Gasteiger partial charge in [0.15, 0.2) is 0 Å². The van der Waals surface area contributed by atoms with Crippen LogP contribution < -0.4 is 10.2 Å². The van der Waals surface area contributed by atoms with E-state index < -0.39 is 12.2 Å². The molecule has 96 valence electrons. The van der Waals surface area contributed by atoms with Crippen LogP contribution >= 0.6 is 0 Å². The summed E-state index contributed by atoms with van der Waals surface area (Å²) in [6.45, 7) is 3.85. The Labute approximate surface area is 149 Å². The van der Waals surface area contributed by atoms with Crippen LogP contribution in [0.15, 0.2) is 0 Å². The van der Waals surface area contributed by atoms with Gasteiger partial charge in [0, 0.05) is 0 Å². The maximum atomic E-state index is 10.2. The minimum absolute atomic E-state index is 0. The quantitative estimate of drug-likeness (QED) is 0.473. The second-order valence-electron chi connectivity index (χ2n) is 3.25. The Balaban J connectivity index is -0.000000218. The molecule has 0 saturated heterocycles. The third-order valence-corrected chi connectivity index (χ3v) is 2.81. The van der Waals surface area contributed by atoms with Gasteiger partial charge >= 0.3 is 150 Å². The first-order valence-electron chi connectivity index (χ1n) is 5.14. The van der Waals surface area contributed by atoms with E-state index in [0.717, 1.165) is 12.8 Å². The third-order valence-electron chi connectivity index (χ3n) is 1.67. The Kier molecular flexibility index (Phi) is 21.7. The molecular weight excluding hydrogens is 382 g/mol. The molecule has 2 atom stereocenters. The van der Waals surface area contributed by atoms with E-state index in [-0.39, 0.29) is 46.9 Å². The Hall–Kier alpha value is 1.56. The third kappa shape index (κ3) is 17.6. The molecule has 0 aliphatic rings. The molecule has 0 aromatic rings. The van der Waals surface area contributed by atoms with Gasteiger partial charge in [0.25, 0.3) is 0 Å². The molecular formula is C10H18CaO4Se2. The van der Waals surface area contributed by atoms with Crippen molar-refractivity contribution in [2.24, 2.45) is 0 Å². The van der Waals surface area contributed by atoms with Gasteiger partial charge in [0.05, 0.1) is 0 Å². The first-order chi connectivity index (χ1) is 7.36. The Morgan fingerprint density at radius 3 is 1.24 bits per heavy atom. The zero-order valence-electron chi connectivity index (χ0n) is 10.2. The largest absolute Gasteiger partial charge is 2.00 e. The van der Waals surface area contributed by atoms with Gasteiger partial charge in [0.2, 0.25) is 0 Å². The van der Waals surface area contributed by atoms with Crippen LogP contribution in [0.3, 0.4) is 0 Å². The molecule has 0 radical (unpaired) electrons. The van der Waals surface area contributed by atoms with Crippen molar-refractivity contribution < 1.29 is 20.4 Å². The van der Waals surface area contributed by atoms with Gasteiger partial charge in [-0.15, -0.1) is 0 Å². The summed E-state index contributed by atoms with van der Waals surface area (Å²) in [4.78, 5) is 0. The Morgan fingerprint density at radius 1 is 0.941 bits per heavy atom. The van der Waals surface area contributed by atoms with E-state index in [9.17, 15) is 10.2 Å². The minimum Gasteiger partial charge on any atom is 2.00 e. The SMILES string of the molecule is CCC[C@H](O)C([O-])=[Se].CCC[C@H](O)C([O-])=[Se].[Ca+2]. The zero-order valence-corrected chi connectivity index (χ0v) is 15.9. The molecule has 7 heteroatoms. The number of hydrogen-bond acceptors (Lipinski definition) is 4. The smallest absolute Gasteiger partial charge is 2.00 e. The summed E-state index contributed by atoms with van der Waals surface area (Å²) in [6, 6.07) is 0. The fraction of sp³-hybridized carbons (Fsp3) is 0.800. The van der Waals surface area contributed by atoms with Gasteiger partial charge in [0.1, 0.15) is 0 Å². The van der Waals surface area contributed by atoms with Crippen molar-refractivity contribution in [2.75, 3.05) is 0 Å². The molecule has 0 fully saturated rings. The zero-order chi connectivity index (χ0) is 13.1. The number of aliphatic hydroxyl groups excluding tert-OH is 2. The van der Waals surface area contributed by atoms with Crippen molar-refractivity contribution in [3.8, 4) is 0 Å². The maximum absolute atomic E-state index is 10.2. The van der Waals surface area contributed by atoms with Crippen LogP contribution in [-0.4, -0.2) is 101 Å². The first kappa shape index (κ1) is 23.6. The summed E-state index contributed by atoms with van der Waals surface area (Å²) in [5.74, 6) is 0. The van der Waals surface area contributed by atoms with E-state index in [0.29, 0.717) is 12.8 Å². The molecule has 0 saturated carbocycles. The molecule has 0 aliphatic heterocycles. The first-order valence-corrected chi connectivity index (χ1v) is 6.85. The fourth-order valence-corrected chi connectivity index (χ4v) is 1.28. The maximum Gasteiger partial charge on any atom is 2.00 e. The topological polar surface area (TPSA) is 86.6 Å². The van der Waals surface area contributed by atoms with Crippen molar-refractivity contribution in [1.29, 1.82) is 0 Å². The molecule has 2 N–H and O–H groups in total. The van der Waals surface area contributed by atoms with E-state index >= 15 is 0 Å². The normalized spacial score (nSPS) is 12.5. The summed E-state index contributed by atoms with van der Waals surface area (Å²) in [5, 5.41) is 37.9. The molecule has 0 aliphatic carbocycles. The van der Waals surface area contributed by atoms with Gasteiger partial charge in [-0.05, 0) is 0 Å². The molecule has 4 nitrogen and oxygen atoms in total. The van der Waals surface area contributed by atoms with E-state index in [4.69, 9.17) is 10.2 Å². The van der Waals surface area contributed by atoms with Crippen molar-refractivity contribution in [3.05, 3.63) is 0 Å². The molecule has 0 bridgehead atoms. The van der Waals surface area contributed by atoms with Crippen molar-refractivity contribution >= 4 is 78.1 Å². The number of rotatable bonds is 6. The van der Waals surface area contributed by atoms with Gasteiger partial charge in [-0.3, -0.25) is 0 Å². The summed E-state index contributed by atoms with van der Waals surface area (Å²) in [5.41, 5.74) is 0. The predicted molar refractivity (Wildman–Crippen MR) is 69.1 cm³/mol. The summed E-state index contributed by atoms with van der Waals surface area (Å²) in [7, 11) is 0. The molecule has 0 rings (SSSR count). The van der Waals surface area contributed by atoms with Crippen LogP contribution in [0, 0.1) is 0 Å². The monoisotopic (exact) mass is 402 g/mol. The van der Waals surface area contributed by atoms with Crippen LogP contribution in [0.5, 0.6) is 0 Å². The summed E-state index contributed by atoms with van der Waals surface area (Å²) in [6.07, 6.45) is 1.25. The molecule has 0 spiro atoms. The van der Waals surface area contributed by atoms with Crippen LogP contribution in [0.2, 0.25) is 0 Å². The number of hydrogen-bond donors (Lipinski definition) is 2. The van der Waals surface area contributed by atoms with Gasteiger partial charge in [-0.2, -0.15) is 0 Å².